The molecular weight excluding hydrogens is 346 g/mol. The maximum absolute atomic E-state index is 12.5. The Labute approximate surface area is 135 Å². The first-order valence-electron chi connectivity index (χ1n) is 7.04. The molecule has 22 heavy (non-hydrogen) atoms. The normalized spacial score (nSPS) is 25.4. The molecule has 2 aromatic rings. The molecule has 6 heteroatoms. The number of para-hydroxylation sites is 1. The van der Waals surface area contributed by atoms with Crippen LogP contribution in [0.4, 0.5) is 11.4 Å². The fourth-order valence-corrected chi connectivity index (χ4v) is 3.76. The summed E-state index contributed by atoms with van der Waals surface area (Å²) in [5, 5.41) is 15.9. The van der Waals surface area contributed by atoms with Crippen LogP contribution in [0.5, 0.6) is 0 Å². The second kappa shape index (κ2) is 5.08. The zero-order valence-corrected chi connectivity index (χ0v) is 13.1. The summed E-state index contributed by atoms with van der Waals surface area (Å²) in [6.07, 6.45) is 0. The van der Waals surface area contributed by atoms with Gasteiger partial charge < -0.3 is 15.8 Å². The molecule has 0 saturated carbocycles. The highest BCUT2D eigenvalue weighted by molar-refractivity contribution is 9.10. The minimum atomic E-state index is -0.361. The molecule has 4 N–H and O–H groups in total. The summed E-state index contributed by atoms with van der Waals surface area (Å²) < 4.78 is 0.923. The Balaban J connectivity index is 1.76. The van der Waals surface area contributed by atoms with Gasteiger partial charge in [-0.15, -0.1) is 0 Å². The Kier molecular flexibility index (Phi) is 3.18. The van der Waals surface area contributed by atoms with Crippen molar-refractivity contribution in [1.82, 2.24) is 5.48 Å². The summed E-state index contributed by atoms with van der Waals surface area (Å²) in [5.41, 5.74) is 6.03. The van der Waals surface area contributed by atoms with Gasteiger partial charge >= 0.3 is 0 Å². The van der Waals surface area contributed by atoms with Gasteiger partial charge in [0.2, 0.25) is 5.91 Å². The molecule has 0 bridgehead atoms. The molecule has 3 atom stereocenters. The Morgan fingerprint density at radius 2 is 1.91 bits per heavy atom. The summed E-state index contributed by atoms with van der Waals surface area (Å²) in [5.74, 6) is -0.418. The number of hydroxylamine groups is 1. The molecule has 112 valence electrons. The number of carbonyl (C=O) groups excluding carboxylic acids is 1. The van der Waals surface area contributed by atoms with Gasteiger partial charge in [-0.1, -0.05) is 40.2 Å². The van der Waals surface area contributed by atoms with Crippen molar-refractivity contribution >= 4 is 33.2 Å². The lowest BCUT2D eigenvalue weighted by Crippen LogP contribution is -2.38. The smallest absolute Gasteiger partial charge is 0.234 e. The second-order valence-corrected chi connectivity index (χ2v) is 6.48. The molecule has 5 nitrogen and oxygen atoms in total. The highest BCUT2D eigenvalue weighted by Crippen LogP contribution is 2.45. The van der Waals surface area contributed by atoms with Crippen molar-refractivity contribution < 1.29 is 10.0 Å². The molecule has 1 amide bonds. The highest BCUT2D eigenvalue weighted by Gasteiger charge is 2.44. The molecule has 4 rings (SSSR count). The van der Waals surface area contributed by atoms with Gasteiger partial charge in [-0.3, -0.25) is 4.79 Å². The number of nitrogens with one attached hydrogen (secondary N) is 3. The van der Waals surface area contributed by atoms with Crippen LogP contribution in [0.1, 0.15) is 23.1 Å². The van der Waals surface area contributed by atoms with Gasteiger partial charge in [-0.05, 0) is 29.3 Å². The van der Waals surface area contributed by atoms with Gasteiger partial charge in [0.1, 0.15) is 0 Å². The first-order chi connectivity index (χ1) is 10.7. The predicted octanol–water partition coefficient (Wildman–Crippen LogP) is 3.00. The number of benzene rings is 2. The molecule has 2 heterocycles. The number of amides is 1. The average molecular weight is 360 g/mol. The largest absolute Gasteiger partial charge is 0.379 e. The van der Waals surface area contributed by atoms with E-state index in [1.807, 2.05) is 42.5 Å². The van der Waals surface area contributed by atoms with E-state index in [9.17, 15) is 10.0 Å². The van der Waals surface area contributed by atoms with E-state index in [2.05, 4.69) is 32.0 Å². The number of carbonyl (C=O) groups is 1. The summed E-state index contributed by atoms with van der Waals surface area (Å²) in [7, 11) is 0. The average Bonchev–Trinajstić information content (AvgIpc) is 3.02. The van der Waals surface area contributed by atoms with Crippen LogP contribution >= 0.6 is 15.9 Å². The molecule has 2 aromatic carbocycles. The molecule has 0 radical (unpaired) electrons. The van der Waals surface area contributed by atoms with E-state index in [0.717, 1.165) is 27.0 Å². The van der Waals surface area contributed by atoms with Crippen LogP contribution in [0.15, 0.2) is 46.9 Å². The summed E-state index contributed by atoms with van der Waals surface area (Å²) in [4.78, 5) is 12.5. The van der Waals surface area contributed by atoms with Gasteiger partial charge in [-0.25, -0.2) is 0 Å². The van der Waals surface area contributed by atoms with Gasteiger partial charge in [0.25, 0.3) is 0 Å². The van der Waals surface area contributed by atoms with Crippen LogP contribution in [0.2, 0.25) is 0 Å². The molecule has 3 unspecified atom stereocenters. The number of hydrogen-bond acceptors (Lipinski definition) is 4. The summed E-state index contributed by atoms with van der Waals surface area (Å²) >= 11 is 3.42. The first kappa shape index (κ1) is 13.8. The monoisotopic (exact) mass is 359 g/mol. The van der Waals surface area contributed by atoms with E-state index in [1.54, 1.807) is 0 Å². The molecule has 0 aromatic heterocycles. The van der Waals surface area contributed by atoms with Crippen molar-refractivity contribution in [1.29, 1.82) is 0 Å². The Morgan fingerprint density at radius 3 is 2.73 bits per heavy atom. The minimum absolute atomic E-state index is 0.0568. The molecular formula is C16H14BrN3O2. The van der Waals surface area contributed by atoms with E-state index < -0.39 is 0 Å². The third-order valence-electron chi connectivity index (χ3n) is 4.37. The number of anilines is 2. The fraction of sp³-hybridized carbons (Fsp3) is 0.188. The zero-order chi connectivity index (χ0) is 15.3. The third-order valence-corrected chi connectivity index (χ3v) is 4.86. The minimum Gasteiger partial charge on any atom is -0.379 e. The van der Waals surface area contributed by atoms with Crippen molar-refractivity contribution in [2.75, 3.05) is 10.6 Å². The molecule has 0 aliphatic carbocycles. The zero-order valence-electron chi connectivity index (χ0n) is 11.5. The van der Waals surface area contributed by atoms with Crippen molar-refractivity contribution in [3.8, 4) is 0 Å². The van der Waals surface area contributed by atoms with Crippen molar-refractivity contribution in [3.05, 3.63) is 58.1 Å². The maximum Gasteiger partial charge on any atom is 0.234 e. The topological polar surface area (TPSA) is 73.4 Å². The first-order valence-corrected chi connectivity index (χ1v) is 7.84. The van der Waals surface area contributed by atoms with Crippen LogP contribution in [0, 0.1) is 0 Å². The Morgan fingerprint density at radius 1 is 1.09 bits per heavy atom. The molecule has 0 saturated heterocycles. The van der Waals surface area contributed by atoms with Crippen molar-refractivity contribution in [3.63, 3.8) is 0 Å². The number of fused-ring (bicyclic) bond motifs is 2. The fourth-order valence-electron chi connectivity index (χ4n) is 3.40. The van der Waals surface area contributed by atoms with Crippen molar-refractivity contribution in [2.24, 2.45) is 0 Å². The van der Waals surface area contributed by atoms with E-state index in [1.165, 1.54) is 0 Å². The quantitative estimate of drug-likeness (QED) is 0.622. The number of hydrogen-bond donors (Lipinski definition) is 4. The van der Waals surface area contributed by atoms with Crippen LogP contribution in [-0.4, -0.2) is 17.2 Å². The Bertz CT molecular complexity index is 765. The van der Waals surface area contributed by atoms with Gasteiger partial charge in [0.15, 0.2) is 0 Å². The molecule has 2 aliphatic rings. The SMILES string of the molecule is O=C1Nc2cc(Br)ccc2C1C1Nc2ccccc2C1NO. The Hall–Kier alpha value is -1.89. The molecule has 2 aliphatic heterocycles. The van der Waals surface area contributed by atoms with Gasteiger partial charge in [0.05, 0.1) is 18.0 Å². The van der Waals surface area contributed by atoms with Crippen LogP contribution in [0.3, 0.4) is 0 Å². The standard InChI is InChI=1S/C16H14BrN3O2/c17-8-5-6-9-12(7-8)19-16(21)13(9)15-14(20-22)10-3-1-2-4-11(10)18-15/h1-7,13-15,18,20,22H,(H,19,21). The van der Waals surface area contributed by atoms with Gasteiger partial charge in [0, 0.05) is 15.8 Å². The van der Waals surface area contributed by atoms with E-state index in [4.69, 9.17) is 0 Å². The number of rotatable bonds is 2. The van der Waals surface area contributed by atoms with Crippen LogP contribution < -0.4 is 16.1 Å². The van der Waals surface area contributed by atoms with Crippen molar-refractivity contribution in [2.45, 2.75) is 18.0 Å². The van der Waals surface area contributed by atoms with Gasteiger partial charge in [-0.2, -0.15) is 5.48 Å². The van der Waals surface area contributed by atoms with E-state index in [-0.39, 0.29) is 23.9 Å². The summed E-state index contributed by atoms with van der Waals surface area (Å²) in [6, 6.07) is 13.0. The maximum atomic E-state index is 12.5. The lowest BCUT2D eigenvalue weighted by atomic mass is 9.88. The van der Waals surface area contributed by atoms with Crippen LogP contribution in [0.25, 0.3) is 0 Å². The van der Waals surface area contributed by atoms with E-state index in [0.29, 0.717) is 0 Å². The van der Waals surface area contributed by atoms with E-state index >= 15 is 0 Å². The summed E-state index contributed by atoms with van der Waals surface area (Å²) in [6.45, 7) is 0. The third kappa shape index (κ3) is 1.95. The molecule has 0 fully saturated rings. The second-order valence-electron chi connectivity index (χ2n) is 5.56. The van der Waals surface area contributed by atoms with Crippen LogP contribution in [-0.2, 0) is 4.79 Å². The molecule has 0 spiro atoms. The lowest BCUT2D eigenvalue weighted by Gasteiger charge is -2.24. The number of halogens is 1. The lowest BCUT2D eigenvalue weighted by molar-refractivity contribution is -0.117. The highest BCUT2D eigenvalue weighted by atomic mass is 79.9. The predicted molar refractivity (Wildman–Crippen MR) is 87.0 cm³/mol.